The average molecular weight is 635 g/mol. The number of hydrogen-bond acceptors (Lipinski definition) is 4. The zero-order valence-electron chi connectivity index (χ0n) is 31.4. The fraction of sp³-hybridized carbons (Fsp3) is 0.634. The van der Waals surface area contributed by atoms with Gasteiger partial charge in [0.1, 0.15) is 11.5 Å². The topological polar surface area (TPSA) is 81.6 Å². The molecule has 0 aromatic heterocycles. The van der Waals surface area contributed by atoms with Gasteiger partial charge in [0.2, 0.25) is 5.91 Å². The van der Waals surface area contributed by atoms with Crippen LogP contribution in [-0.2, 0) is 39.3 Å². The number of phenolic OH excluding ortho intramolecular Hbond substituents is 2. The molecule has 2 aromatic carbocycles. The van der Waals surface area contributed by atoms with E-state index in [0.717, 1.165) is 78.6 Å². The first-order chi connectivity index (χ1) is 21.0. The molecule has 0 unspecified atom stereocenters. The van der Waals surface area contributed by atoms with Gasteiger partial charge in [-0.2, -0.15) is 0 Å². The van der Waals surface area contributed by atoms with E-state index in [1.165, 1.54) is 5.56 Å². The Morgan fingerprint density at radius 1 is 0.565 bits per heavy atom. The van der Waals surface area contributed by atoms with Crippen molar-refractivity contribution in [2.75, 3.05) is 13.1 Å². The second kappa shape index (κ2) is 15.8. The van der Waals surface area contributed by atoms with E-state index in [2.05, 4.69) is 125 Å². The summed E-state index contributed by atoms with van der Waals surface area (Å²) in [4.78, 5) is 12.6. The van der Waals surface area contributed by atoms with Crippen molar-refractivity contribution in [1.82, 2.24) is 10.6 Å². The molecule has 0 fully saturated rings. The molecule has 5 heteroatoms. The van der Waals surface area contributed by atoms with Crippen LogP contribution >= 0.6 is 0 Å². The van der Waals surface area contributed by atoms with Crippen LogP contribution in [-0.4, -0.2) is 29.2 Å². The molecule has 5 nitrogen and oxygen atoms in total. The predicted molar refractivity (Wildman–Crippen MR) is 196 cm³/mol. The van der Waals surface area contributed by atoms with Crippen molar-refractivity contribution >= 4 is 5.91 Å². The Morgan fingerprint density at radius 2 is 0.891 bits per heavy atom. The minimum atomic E-state index is -0.175. The number of hydrogen-bond donors (Lipinski definition) is 4. The molecule has 0 bridgehead atoms. The van der Waals surface area contributed by atoms with E-state index >= 15 is 0 Å². The van der Waals surface area contributed by atoms with Crippen LogP contribution in [0.2, 0.25) is 0 Å². The molecule has 0 saturated heterocycles. The number of carbonyl (C=O) groups excluding carboxylic acids is 1. The summed E-state index contributed by atoms with van der Waals surface area (Å²) in [6.45, 7) is 31.4. The number of aromatic hydroxyl groups is 2. The molecular weight excluding hydrogens is 568 g/mol. The fourth-order valence-corrected chi connectivity index (χ4v) is 5.79. The number of phenols is 2. The van der Waals surface area contributed by atoms with Crippen molar-refractivity contribution in [1.29, 1.82) is 0 Å². The Bertz CT molecular complexity index is 1150. The lowest BCUT2D eigenvalue weighted by molar-refractivity contribution is -0.121. The van der Waals surface area contributed by atoms with Crippen LogP contribution in [0.15, 0.2) is 36.5 Å². The van der Waals surface area contributed by atoms with Gasteiger partial charge in [0.05, 0.1) is 0 Å². The summed E-state index contributed by atoms with van der Waals surface area (Å²) in [5.74, 6) is 0.892. The monoisotopic (exact) mass is 635 g/mol. The molecule has 4 N–H and O–H groups in total. The standard InChI is InChI=1S/C41H66N2O3/c1-28(18-19-29-24-31(38(2,3)4)36(45)32(25-29)39(5,6)7)42-22-16-14-15-17-23-43-35(44)21-20-30-26-33(40(8,9)10)37(46)34(27-30)41(11,12)13/h24-27,42,45-46H,1,14-23H2,2-13H3,(H,43,44). The summed E-state index contributed by atoms with van der Waals surface area (Å²) in [7, 11) is 0. The highest BCUT2D eigenvalue weighted by molar-refractivity contribution is 5.76. The maximum atomic E-state index is 12.6. The van der Waals surface area contributed by atoms with E-state index in [4.69, 9.17) is 0 Å². The number of rotatable bonds is 14. The molecule has 1 amide bonds. The van der Waals surface area contributed by atoms with E-state index in [9.17, 15) is 15.0 Å². The Labute approximate surface area is 281 Å². The lowest BCUT2D eigenvalue weighted by atomic mass is 9.78. The van der Waals surface area contributed by atoms with Crippen LogP contribution < -0.4 is 10.6 Å². The molecule has 46 heavy (non-hydrogen) atoms. The third kappa shape index (κ3) is 12.0. The average Bonchev–Trinajstić information content (AvgIpc) is 2.90. The summed E-state index contributed by atoms with van der Waals surface area (Å²) >= 11 is 0. The largest absolute Gasteiger partial charge is 0.507 e. The van der Waals surface area contributed by atoms with Crippen LogP contribution in [0.25, 0.3) is 0 Å². The van der Waals surface area contributed by atoms with Gasteiger partial charge in [-0.25, -0.2) is 0 Å². The lowest BCUT2D eigenvalue weighted by Gasteiger charge is -2.28. The third-order valence-electron chi connectivity index (χ3n) is 8.73. The molecule has 0 heterocycles. The highest BCUT2D eigenvalue weighted by Gasteiger charge is 2.28. The maximum absolute atomic E-state index is 12.6. The Hall–Kier alpha value is -2.95. The Morgan fingerprint density at radius 3 is 1.24 bits per heavy atom. The van der Waals surface area contributed by atoms with Crippen molar-refractivity contribution in [3.05, 3.63) is 69.9 Å². The normalized spacial score (nSPS) is 12.7. The summed E-state index contributed by atoms with van der Waals surface area (Å²) < 4.78 is 0. The number of carbonyl (C=O) groups is 1. The zero-order chi connectivity index (χ0) is 35.1. The molecule has 0 spiro atoms. The fourth-order valence-electron chi connectivity index (χ4n) is 5.79. The van der Waals surface area contributed by atoms with Crippen LogP contribution in [0.4, 0.5) is 0 Å². The van der Waals surface area contributed by atoms with E-state index < -0.39 is 0 Å². The molecule has 0 radical (unpaired) electrons. The van der Waals surface area contributed by atoms with Crippen molar-refractivity contribution in [3.63, 3.8) is 0 Å². The van der Waals surface area contributed by atoms with Crippen LogP contribution in [0.1, 0.15) is 155 Å². The zero-order valence-corrected chi connectivity index (χ0v) is 31.4. The first-order valence-corrected chi connectivity index (χ1v) is 17.4. The quantitative estimate of drug-likeness (QED) is 0.156. The summed E-state index contributed by atoms with van der Waals surface area (Å²) in [5, 5.41) is 28.5. The van der Waals surface area contributed by atoms with Gasteiger partial charge in [0, 0.05) is 25.2 Å². The predicted octanol–water partition coefficient (Wildman–Crippen LogP) is 9.63. The highest BCUT2D eigenvalue weighted by atomic mass is 16.3. The molecule has 0 aliphatic rings. The summed E-state index contributed by atoms with van der Waals surface area (Å²) in [6.07, 6.45) is 7.09. The molecule has 2 rings (SSSR count). The van der Waals surface area contributed by atoms with Crippen molar-refractivity contribution in [3.8, 4) is 11.5 Å². The Balaban J connectivity index is 1.71. The van der Waals surface area contributed by atoms with E-state index in [1.54, 1.807) is 0 Å². The van der Waals surface area contributed by atoms with Crippen molar-refractivity contribution in [2.45, 2.75) is 156 Å². The van der Waals surface area contributed by atoms with Crippen molar-refractivity contribution in [2.24, 2.45) is 0 Å². The SMILES string of the molecule is C=C(CCc1cc(C(C)(C)C)c(O)c(C(C)(C)C)c1)NCCCCCCNC(=O)CCc1cc(C(C)(C)C)c(O)c(C(C)(C)C)c1. The van der Waals surface area contributed by atoms with E-state index in [0.29, 0.717) is 30.9 Å². The summed E-state index contributed by atoms with van der Waals surface area (Å²) in [5.41, 5.74) is 6.68. The second-order valence-corrected chi connectivity index (χ2v) is 17.4. The molecule has 0 aliphatic carbocycles. The first-order valence-electron chi connectivity index (χ1n) is 17.4. The molecule has 0 atom stereocenters. The minimum Gasteiger partial charge on any atom is -0.507 e. The number of nitrogens with one attached hydrogen (secondary N) is 2. The minimum absolute atomic E-state index is 0.0820. The van der Waals surface area contributed by atoms with Crippen molar-refractivity contribution < 1.29 is 15.0 Å². The molecule has 0 saturated carbocycles. The smallest absolute Gasteiger partial charge is 0.220 e. The van der Waals surface area contributed by atoms with Crippen LogP contribution in [0, 0.1) is 0 Å². The highest BCUT2D eigenvalue weighted by Crippen LogP contribution is 2.41. The van der Waals surface area contributed by atoms with Gasteiger partial charge >= 0.3 is 0 Å². The molecular formula is C41H66N2O3. The van der Waals surface area contributed by atoms with Gasteiger partial charge in [-0.15, -0.1) is 0 Å². The van der Waals surface area contributed by atoms with Crippen LogP contribution in [0.5, 0.6) is 11.5 Å². The number of unbranched alkanes of at least 4 members (excludes halogenated alkanes) is 3. The summed E-state index contributed by atoms with van der Waals surface area (Å²) in [6, 6.07) is 8.46. The van der Waals surface area contributed by atoms with E-state index in [-0.39, 0.29) is 27.6 Å². The van der Waals surface area contributed by atoms with Gasteiger partial charge < -0.3 is 20.8 Å². The van der Waals surface area contributed by atoms with Gasteiger partial charge in [0.15, 0.2) is 0 Å². The number of benzene rings is 2. The maximum Gasteiger partial charge on any atom is 0.220 e. The van der Waals surface area contributed by atoms with Gasteiger partial charge in [-0.05, 0) is 87.1 Å². The van der Waals surface area contributed by atoms with E-state index in [1.807, 2.05) is 0 Å². The number of aryl methyl sites for hydroxylation is 2. The molecule has 0 aliphatic heterocycles. The first kappa shape index (κ1) is 39.2. The number of allylic oxidation sites excluding steroid dienone is 1. The Kier molecular flexibility index (Phi) is 13.4. The number of amides is 1. The lowest BCUT2D eigenvalue weighted by Crippen LogP contribution is -2.25. The molecule has 2 aromatic rings. The third-order valence-corrected chi connectivity index (χ3v) is 8.73. The van der Waals surface area contributed by atoms with Gasteiger partial charge in [-0.3, -0.25) is 4.79 Å². The van der Waals surface area contributed by atoms with Gasteiger partial charge in [-0.1, -0.05) is 127 Å². The van der Waals surface area contributed by atoms with Gasteiger partial charge in [0.25, 0.3) is 0 Å². The second-order valence-electron chi connectivity index (χ2n) is 17.4. The molecule has 258 valence electrons. The van der Waals surface area contributed by atoms with Crippen LogP contribution in [0.3, 0.4) is 0 Å².